The van der Waals surface area contributed by atoms with Crippen molar-refractivity contribution in [3.8, 4) is 0 Å². The third-order valence-electron chi connectivity index (χ3n) is 3.74. The Morgan fingerprint density at radius 3 is 2.76 bits per heavy atom. The zero-order chi connectivity index (χ0) is 15.7. The summed E-state index contributed by atoms with van der Waals surface area (Å²) < 4.78 is 7.00. The van der Waals surface area contributed by atoms with Crippen LogP contribution >= 0.6 is 0 Å². The first-order chi connectivity index (χ1) is 10.00. The quantitative estimate of drug-likeness (QED) is 0.636. The van der Waals surface area contributed by atoms with Crippen LogP contribution in [-0.2, 0) is 11.3 Å². The van der Waals surface area contributed by atoms with Gasteiger partial charge >= 0.3 is 0 Å². The Morgan fingerprint density at radius 1 is 1.33 bits per heavy atom. The van der Waals surface area contributed by atoms with Crippen LogP contribution in [0.3, 0.4) is 0 Å². The van der Waals surface area contributed by atoms with E-state index < -0.39 is 0 Å². The molecule has 1 rings (SSSR count). The fourth-order valence-electron chi connectivity index (χ4n) is 2.44. The van der Waals surface area contributed by atoms with Crippen molar-refractivity contribution in [3.63, 3.8) is 0 Å². The number of nitrogens with zero attached hydrogens (tertiary/aromatic N) is 4. The Kier molecular flexibility index (Phi) is 7.82. The van der Waals surface area contributed by atoms with Crippen LogP contribution in [0.4, 0.5) is 0 Å². The Hall–Kier alpha value is -1.01. The maximum absolute atomic E-state index is 5.05. The predicted octanol–water partition coefficient (Wildman–Crippen LogP) is 2.58. The molecule has 0 saturated carbocycles. The monoisotopic (exact) mass is 297 g/mol. The molecule has 1 unspecified atom stereocenters. The van der Waals surface area contributed by atoms with Crippen molar-refractivity contribution in [2.75, 3.05) is 20.3 Å². The van der Waals surface area contributed by atoms with E-state index in [-0.39, 0.29) is 11.5 Å². The van der Waals surface area contributed by atoms with Gasteiger partial charge in [-0.15, -0.1) is 5.10 Å². The summed E-state index contributed by atoms with van der Waals surface area (Å²) in [6.07, 6.45) is 5.02. The van der Waals surface area contributed by atoms with E-state index in [0.717, 1.165) is 18.9 Å². The first-order valence-corrected chi connectivity index (χ1v) is 7.98. The molecule has 0 aliphatic heterocycles. The third kappa shape index (κ3) is 6.52. The van der Waals surface area contributed by atoms with Crippen LogP contribution in [0.5, 0.6) is 0 Å². The lowest BCUT2D eigenvalue weighted by molar-refractivity contribution is 0.195. The van der Waals surface area contributed by atoms with Crippen LogP contribution < -0.4 is 5.32 Å². The van der Waals surface area contributed by atoms with Gasteiger partial charge in [0.1, 0.15) is 0 Å². The number of ether oxygens (including phenoxy) is 1. The molecule has 1 aromatic rings. The molecule has 21 heavy (non-hydrogen) atoms. The minimum Gasteiger partial charge on any atom is -0.383 e. The summed E-state index contributed by atoms with van der Waals surface area (Å²) in [4.78, 5) is 0. The Morgan fingerprint density at radius 2 is 2.10 bits per heavy atom. The van der Waals surface area contributed by atoms with Crippen LogP contribution in [0, 0.1) is 5.41 Å². The van der Waals surface area contributed by atoms with E-state index in [1.165, 1.54) is 25.7 Å². The molecule has 1 N–H and O–H groups in total. The summed E-state index contributed by atoms with van der Waals surface area (Å²) in [7, 11) is 1.70. The lowest BCUT2D eigenvalue weighted by Gasteiger charge is -2.25. The maximum Gasteiger partial charge on any atom is 0.167 e. The predicted molar refractivity (Wildman–Crippen MR) is 84.0 cm³/mol. The molecule has 0 spiro atoms. The van der Waals surface area contributed by atoms with E-state index in [1.807, 2.05) is 4.68 Å². The molecule has 0 aromatic carbocycles. The van der Waals surface area contributed by atoms with Crippen molar-refractivity contribution < 1.29 is 4.74 Å². The fourth-order valence-corrected chi connectivity index (χ4v) is 2.44. The second-order valence-corrected chi connectivity index (χ2v) is 6.48. The van der Waals surface area contributed by atoms with Gasteiger partial charge in [-0.05, 0) is 29.2 Å². The van der Waals surface area contributed by atoms with Crippen molar-refractivity contribution in [1.29, 1.82) is 0 Å². The topological polar surface area (TPSA) is 64.9 Å². The molecular weight excluding hydrogens is 266 g/mol. The van der Waals surface area contributed by atoms with E-state index in [0.29, 0.717) is 6.61 Å². The SMILES string of the molecule is CCCCCC(C)(C)Cn1nnnc1C(C)NCCOC. The number of aromatic nitrogens is 4. The highest BCUT2D eigenvalue weighted by molar-refractivity contribution is 4.90. The van der Waals surface area contributed by atoms with Gasteiger partial charge < -0.3 is 10.1 Å². The van der Waals surface area contributed by atoms with Crippen molar-refractivity contribution in [1.82, 2.24) is 25.5 Å². The van der Waals surface area contributed by atoms with Gasteiger partial charge in [0.2, 0.25) is 0 Å². The molecule has 0 fully saturated rings. The summed E-state index contributed by atoms with van der Waals surface area (Å²) in [5, 5.41) is 15.6. The van der Waals surface area contributed by atoms with Gasteiger partial charge in [0, 0.05) is 20.2 Å². The molecule has 0 bridgehead atoms. The highest BCUT2D eigenvalue weighted by atomic mass is 16.5. The number of hydrogen-bond donors (Lipinski definition) is 1. The van der Waals surface area contributed by atoms with Gasteiger partial charge in [0.25, 0.3) is 0 Å². The highest BCUT2D eigenvalue weighted by Crippen LogP contribution is 2.26. The number of unbranched alkanes of at least 4 members (excludes halogenated alkanes) is 2. The van der Waals surface area contributed by atoms with Crippen molar-refractivity contribution in [2.45, 2.75) is 66.0 Å². The Balaban J connectivity index is 2.57. The molecular formula is C15H31N5O. The molecule has 0 aliphatic carbocycles. The molecule has 6 nitrogen and oxygen atoms in total. The van der Waals surface area contributed by atoms with Crippen molar-refractivity contribution in [2.24, 2.45) is 5.41 Å². The molecule has 6 heteroatoms. The van der Waals surface area contributed by atoms with E-state index in [1.54, 1.807) is 7.11 Å². The highest BCUT2D eigenvalue weighted by Gasteiger charge is 2.22. The summed E-state index contributed by atoms with van der Waals surface area (Å²) in [5.74, 6) is 0.898. The van der Waals surface area contributed by atoms with Crippen molar-refractivity contribution >= 4 is 0 Å². The first kappa shape index (κ1) is 18.0. The molecule has 122 valence electrons. The van der Waals surface area contributed by atoms with Crippen molar-refractivity contribution in [3.05, 3.63) is 5.82 Å². The van der Waals surface area contributed by atoms with Crippen LogP contribution in [-0.4, -0.2) is 40.5 Å². The minimum atomic E-state index is 0.126. The summed E-state index contributed by atoms with van der Waals surface area (Å²) in [6.45, 7) is 11.2. The lowest BCUT2D eigenvalue weighted by Crippen LogP contribution is -2.28. The lowest BCUT2D eigenvalue weighted by atomic mass is 9.87. The molecule has 0 radical (unpaired) electrons. The number of nitrogens with one attached hydrogen (secondary N) is 1. The zero-order valence-electron chi connectivity index (χ0n) is 14.2. The van der Waals surface area contributed by atoms with Gasteiger partial charge in [-0.2, -0.15) is 0 Å². The molecule has 0 saturated heterocycles. The van der Waals surface area contributed by atoms with Gasteiger partial charge in [0.05, 0.1) is 12.6 Å². The summed E-state index contributed by atoms with van der Waals surface area (Å²) >= 11 is 0. The average molecular weight is 297 g/mol. The molecule has 0 amide bonds. The Bertz CT molecular complexity index is 391. The number of hydrogen-bond acceptors (Lipinski definition) is 5. The second-order valence-electron chi connectivity index (χ2n) is 6.48. The average Bonchev–Trinajstić information content (AvgIpc) is 2.86. The zero-order valence-corrected chi connectivity index (χ0v) is 14.2. The second kappa shape index (κ2) is 9.10. The molecule has 0 aliphatic rings. The van der Waals surface area contributed by atoms with Gasteiger partial charge in [0.15, 0.2) is 5.82 Å². The van der Waals surface area contributed by atoms with Gasteiger partial charge in [-0.3, -0.25) is 0 Å². The smallest absolute Gasteiger partial charge is 0.167 e. The van der Waals surface area contributed by atoms with Gasteiger partial charge in [-0.1, -0.05) is 40.0 Å². The summed E-state index contributed by atoms with van der Waals surface area (Å²) in [5.41, 5.74) is 0.214. The van der Waals surface area contributed by atoms with E-state index in [4.69, 9.17) is 4.74 Å². The molecule has 1 atom stereocenters. The first-order valence-electron chi connectivity index (χ1n) is 7.98. The van der Waals surface area contributed by atoms with E-state index >= 15 is 0 Å². The minimum absolute atomic E-state index is 0.126. The fraction of sp³-hybridized carbons (Fsp3) is 0.933. The third-order valence-corrected chi connectivity index (χ3v) is 3.74. The maximum atomic E-state index is 5.05. The van der Waals surface area contributed by atoms with Gasteiger partial charge in [-0.25, -0.2) is 4.68 Å². The Labute approximate surface area is 128 Å². The molecule has 1 heterocycles. The van der Waals surface area contributed by atoms with E-state index in [2.05, 4.69) is 48.5 Å². The standard InChI is InChI=1S/C15H31N5O/c1-6-7-8-9-15(3,4)12-20-14(17-18-19-20)13(2)16-10-11-21-5/h13,16H,6-12H2,1-5H3. The number of tetrazole rings is 1. The van der Waals surface area contributed by atoms with Crippen LogP contribution in [0.2, 0.25) is 0 Å². The van der Waals surface area contributed by atoms with Crippen LogP contribution in [0.1, 0.15) is 65.2 Å². The number of rotatable bonds is 11. The number of methoxy groups -OCH3 is 1. The normalized spacial score (nSPS) is 13.6. The van der Waals surface area contributed by atoms with E-state index in [9.17, 15) is 0 Å². The summed E-state index contributed by atoms with van der Waals surface area (Å²) in [6, 6.07) is 0.126. The van der Waals surface area contributed by atoms with Crippen LogP contribution in [0.25, 0.3) is 0 Å². The van der Waals surface area contributed by atoms with Crippen LogP contribution in [0.15, 0.2) is 0 Å². The molecule has 1 aromatic heterocycles. The largest absolute Gasteiger partial charge is 0.383 e.